The highest BCUT2D eigenvalue weighted by molar-refractivity contribution is 6.00. The standard InChI is InChI=1S/C49H68N10O8/c1-5-6-7-8-9-10-12-33-14-17-36(31(2)27-33)45(61)57-39(13-11-23-55-49(53)65)48(64)59(4)43-35-16-19-42(67-26-22-52)38(30-35)37-28-34(15-18-41(37)66-25-21-51)29-40(46(62)54-24-20-50)58-44(60)32(3)56-47(43)63/h14-19,27-28,30,32,39-40,43H,5-13,21-26,29,51-52H2,1-4H3,(H,54,62)(H,56,63)(H,57,61)(H,58,60)(H3,53,55,65). The minimum atomic E-state index is -1.41. The summed E-state index contributed by atoms with van der Waals surface area (Å²) in [6.07, 6.45) is 8.15. The number of unbranched alkanes of at least 4 members (excludes halogenated alkanes) is 5. The Hall–Kier alpha value is -6.71. The van der Waals surface area contributed by atoms with Gasteiger partial charge in [0.1, 0.15) is 55.4 Å². The predicted octanol–water partition coefficient (Wildman–Crippen LogP) is 3.17. The van der Waals surface area contributed by atoms with Crippen LogP contribution in [0.25, 0.3) is 11.1 Å². The first kappa shape index (κ1) is 52.9. The van der Waals surface area contributed by atoms with Crippen molar-refractivity contribution in [1.82, 2.24) is 31.5 Å². The van der Waals surface area contributed by atoms with E-state index in [0.717, 1.165) is 30.4 Å². The van der Waals surface area contributed by atoms with Gasteiger partial charge in [-0.15, -0.1) is 0 Å². The average molecular weight is 925 g/mol. The van der Waals surface area contributed by atoms with E-state index in [0.29, 0.717) is 39.3 Å². The molecule has 1 aliphatic rings. The van der Waals surface area contributed by atoms with Gasteiger partial charge in [0, 0.05) is 49.8 Å². The highest BCUT2D eigenvalue weighted by Gasteiger charge is 2.36. The molecule has 362 valence electrons. The SMILES string of the molecule is CCCCCCCCc1ccc(C(=O)NC(CCCNC(N)=O)C(=O)N(C)C2C(=O)NC(C)C(=O)NC(C(=O)NCC#N)Cc3ccc(OCCN)c(c3)-c3cc2ccc3OCCN)c(C)c1. The maximum absolute atomic E-state index is 14.9. The van der Waals surface area contributed by atoms with E-state index in [1.165, 1.54) is 44.6 Å². The Labute approximate surface area is 393 Å². The van der Waals surface area contributed by atoms with Crippen molar-refractivity contribution in [2.45, 2.75) is 109 Å². The molecule has 4 bridgehead atoms. The summed E-state index contributed by atoms with van der Waals surface area (Å²) in [7, 11) is 1.42. The fraction of sp³-hybridized carbons (Fsp3) is 0.490. The largest absolute Gasteiger partial charge is 0.492 e. The van der Waals surface area contributed by atoms with E-state index in [4.69, 9.17) is 26.7 Å². The molecular weight excluding hydrogens is 857 g/mol. The van der Waals surface area contributed by atoms with Crippen molar-refractivity contribution in [3.8, 4) is 28.7 Å². The third kappa shape index (κ3) is 15.7. The fourth-order valence-electron chi connectivity index (χ4n) is 7.96. The lowest BCUT2D eigenvalue weighted by Crippen LogP contribution is -2.56. The number of hydrogen-bond acceptors (Lipinski definition) is 11. The van der Waals surface area contributed by atoms with E-state index in [2.05, 4.69) is 33.5 Å². The van der Waals surface area contributed by atoms with Gasteiger partial charge in [-0.2, -0.15) is 5.26 Å². The van der Waals surface area contributed by atoms with Crippen LogP contribution in [-0.4, -0.2) is 105 Å². The number of nitrogens with two attached hydrogens (primary N) is 3. The summed E-state index contributed by atoms with van der Waals surface area (Å²) in [5.41, 5.74) is 21.1. The van der Waals surface area contributed by atoms with Crippen LogP contribution >= 0.6 is 0 Å². The van der Waals surface area contributed by atoms with Gasteiger partial charge in [0.15, 0.2) is 0 Å². The highest BCUT2D eigenvalue weighted by Crippen LogP contribution is 2.40. The molecule has 18 nitrogen and oxygen atoms in total. The molecule has 3 aromatic rings. The van der Waals surface area contributed by atoms with Crippen molar-refractivity contribution in [1.29, 1.82) is 5.26 Å². The minimum absolute atomic E-state index is 0.00266. The molecule has 0 spiro atoms. The maximum Gasteiger partial charge on any atom is 0.312 e. The van der Waals surface area contributed by atoms with Crippen LogP contribution in [0.3, 0.4) is 0 Å². The van der Waals surface area contributed by atoms with Gasteiger partial charge in [-0.3, -0.25) is 24.0 Å². The van der Waals surface area contributed by atoms with Crippen LogP contribution < -0.4 is 53.3 Å². The second-order valence-electron chi connectivity index (χ2n) is 16.7. The third-order valence-corrected chi connectivity index (χ3v) is 11.5. The number of benzene rings is 3. The van der Waals surface area contributed by atoms with Crippen LogP contribution in [0, 0.1) is 18.3 Å². The number of urea groups is 1. The molecular formula is C49H68N10O8. The smallest absolute Gasteiger partial charge is 0.312 e. The van der Waals surface area contributed by atoms with Gasteiger partial charge < -0.3 is 58.2 Å². The molecule has 18 heteroatoms. The zero-order valence-corrected chi connectivity index (χ0v) is 39.2. The Morgan fingerprint density at radius 3 is 2.19 bits per heavy atom. The van der Waals surface area contributed by atoms with Crippen LogP contribution in [0.4, 0.5) is 4.79 Å². The molecule has 7 amide bonds. The number of aryl methyl sites for hydroxylation is 2. The zero-order chi connectivity index (χ0) is 48.9. The first-order valence-electron chi connectivity index (χ1n) is 23.1. The summed E-state index contributed by atoms with van der Waals surface area (Å²) in [6, 6.07) is 11.9. The van der Waals surface area contributed by atoms with Crippen molar-refractivity contribution >= 4 is 35.6 Å². The van der Waals surface area contributed by atoms with Gasteiger partial charge in [0.25, 0.3) is 5.91 Å². The molecule has 0 radical (unpaired) electrons. The van der Waals surface area contributed by atoms with E-state index in [-0.39, 0.29) is 58.7 Å². The van der Waals surface area contributed by atoms with Gasteiger partial charge in [-0.1, -0.05) is 63.3 Å². The average Bonchev–Trinajstić information content (AvgIpc) is 3.30. The van der Waals surface area contributed by atoms with E-state index >= 15 is 0 Å². The van der Waals surface area contributed by atoms with Gasteiger partial charge in [-0.25, -0.2) is 4.79 Å². The molecule has 0 aliphatic carbocycles. The van der Waals surface area contributed by atoms with E-state index in [1.807, 2.05) is 25.1 Å². The number of rotatable bonds is 23. The van der Waals surface area contributed by atoms with Gasteiger partial charge in [0.05, 0.1) is 6.07 Å². The molecule has 0 aromatic heterocycles. The molecule has 3 aromatic carbocycles. The van der Waals surface area contributed by atoms with Crippen molar-refractivity contribution < 1.29 is 38.2 Å². The molecule has 0 saturated carbocycles. The number of nitrogens with zero attached hydrogens (tertiary/aromatic N) is 2. The second kappa shape index (κ2) is 27.1. The molecule has 0 saturated heterocycles. The predicted molar refractivity (Wildman–Crippen MR) is 255 cm³/mol. The number of primary amides is 1. The third-order valence-electron chi connectivity index (χ3n) is 11.5. The molecule has 1 heterocycles. The number of carbonyl (C=O) groups is 6. The van der Waals surface area contributed by atoms with Gasteiger partial charge in [-0.05, 0) is 92.1 Å². The first-order valence-corrected chi connectivity index (χ1v) is 23.1. The van der Waals surface area contributed by atoms with E-state index in [1.54, 1.807) is 42.5 Å². The Balaban J connectivity index is 1.80. The number of nitrogens with one attached hydrogen (secondary N) is 5. The van der Waals surface area contributed by atoms with Crippen LogP contribution in [0.15, 0.2) is 54.6 Å². The Kier molecular flexibility index (Phi) is 21.4. The van der Waals surface area contributed by atoms with Crippen LogP contribution in [0.2, 0.25) is 0 Å². The molecule has 0 fully saturated rings. The normalized spacial score (nSPS) is 16.2. The molecule has 4 rings (SSSR count). The monoisotopic (exact) mass is 925 g/mol. The Morgan fingerprint density at radius 1 is 0.866 bits per heavy atom. The van der Waals surface area contributed by atoms with E-state index < -0.39 is 59.7 Å². The summed E-state index contributed by atoms with van der Waals surface area (Å²) in [5, 5.41) is 22.5. The number of carbonyl (C=O) groups excluding carboxylic acids is 6. The van der Waals surface area contributed by atoms with E-state index in [9.17, 15) is 34.0 Å². The summed E-state index contributed by atoms with van der Waals surface area (Å²) in [5.74, 6) is -2.46. The number of ether oxygens (including phenoxy) is 2. The van der Waals surface area contributed by atoms with Gasteiger partial charge in [0.2, 0.25) is 23.6 Å². The van der Waals surface area contributed by atoms with Crippen molar-refractivity contribution in [3.63, 3.8) is 0 Å². The lowest BCUT2D eigenvalue weighted by atomic mass is 9.93. The first-order chi connectivity index (χ1) is 32.2. The number of nitriles is 1. The molecule has 11 N–H and O–H groups in total. The summed E-state index contributed by atoms with van der Waals surface area (Å²) in [4.78, 5) is 83.5. The highest BCUT2D eigenvalue weighted by atomic mass is 16.5. The topological polar surface area (TPSA) is 286 Å². The molecule has 4 atom stereocenters. The van der Waals surface area contributed by atoms with Gasteiger partial charge >= 0.3 is 6.03 Å². The van der Waals surface area contributed by atoms with Crippen molar-refractivity contribution in [2.75, 3.05) is 46.4 Å². The number of likely N-dealkylation sites (N-methyl/N-ethyl adjacent to an activating group) is 1. The number of fused-ring (bicyclic) bond motifs is 5. The Bertz CT molecular complexity index is 2230. The lowest BCUT2D eigenvalue weighted by molar-refractivity contribution is -0.141. The van der Waals surface area contributed by atoms with Crippen LogP contribution in [0.1, 0.15) is 104 Å². The molecule has 4 unspecified atom stereocenters. The quantitative estimate of drug-likeness (QED) is 0.0505. The molecule has 67 heavy (non-hydrogen) atoms. The van der Waals surface area contributed by atoms with Crippen molar-refractivity contribution in [3.05, 3.63) is 82.4 Å². The Morgan fingerprint density at radius 2 is 1.54 bits per heavy atom. The minimum Gasteiger partial charge on any atom is -0.492 e. The zero-order valence-electron chi connectivity index (χ0n) is 39.2. The van der Waals surface area contributed by atoms with Crippen molar-refractivity contribution in [2.24, 2.45) is 17.2 Å². The lowest BCUT2D eigenvalue weighted by Gasteiger charge is -2.33. The molecule has 1 aliphatic heterocycles. The fourth-order valence-corrected chi connectivity index (χ4v) is 7.96. The summed E-state index contributed by atoms with van der Waals surface area (Å²) >= 11 is 0. The second-order valence-corrected chi connectivity index (χ2v) is 16.7. The maximum atomic E-state index is 14.9. The number of hydrogen-bond donors (Lipinski definition) is 8. The van der Waals surface area contributed by atoms with Crippen LogP contribution in [0.5, 0.6) is 11.5 Å². The number of amides is 7. The summed E-state index contributed by atoms with van der Waals surface area (Å²) < 4.78 is 12.2. The van der Waals surface area contributed by atoms with Crippen LogP contribution in [-0.2, 0) is 32.0 Å². The summed E-state index contributed by atoms with van der Waals surface area (Å²) in [6.45, 7) is 5.93.